The Morgan fingerprint density at radius 1 is 1.16 bits per heavy atom. The van der Waals surface area contributed by atoms with Crippen molar-refractivity contribution in [2.24, 2.45) is 17.8 Å². The first kappa shape index (κ1) is 23.6. The molecule has 3 atom stereocenters. The molecule has 7 rings (SSSR count). The average Bonchev–Trinajstić information content (AvgIpc) is 3.16. The normalized spacial score (nSPS) is 24.7. The SMILES string of the molecule is COc1cc(C(=O)N2C[C@H]3CC[C@@H]2[C@@H]3NC(=O)O)cc2nc(-c3cccn3CC3CC3)n(CC3CNC3)c12. The number of nitrogens with zero attached hydrogens (tertiary/aromatic N) is 4. The molecule has 3 N–H and O–H groups in total. The molecular formula is C28H34N6O4. The number of hydrogen-bond donors (Lipinski definition) is 3. The molecular weight excluding hydrogens is 484 g/mol. The van der Waals surface area contributed by atoms with E-state index in [-0.39, 0.29) is 23.9 Å². The van der Waals surface area contributed by atoms with E-state index in [1.807, 2.05) is 17.0 Å². The van der Waals surface area contributed by atoms with Crippen LogP contribution < -0.4 is 15.4 Å². The molecule has 1 aromatic carbocycles. The largest absolute Gasteiger partial charge is 0.494 e. The second-order valence-electron chi connectivity index (χ2n) is 11.4. The fourth-order valence-electron chi connectivity index (χ4n) is 6.73. The van der Waals surface area contributed by atoms with Gasteiger partial charge in [0.25, 0.3) is 5.91 Å². The Balaban J connectivity index is 1.28. The summed E-state index contributed by atoms with van der Waals surface area (Å²) in [5.74, 6) is 2.87. The molecule has 0 radical (unpaired) electrons. The lowest BCUT2D eigenvalue weighted by Crippen LogP contribution is -2.45. The predicted molar refractivity (Wildman–Crippen MR) is 141 cm³/mol. The standard InChI is InChI=1S/C28H34N6O4/c1-38-23-10-19(27(35)33-15-18-6-7-21(33)24(18)31-28(36)37)9-20-25(23)34(14-17-11-29-12-17)26(30-20)22-3-2-8-32(22)13-16-4-5-16/h2-3,8-10,16-18,21,24,29,31H,4-7,11-15H2,1H3,(H,36,37)/t18-,21-,24-/m1/s1. The fourth-order valence-corrected chi connectivity index (χ4v) is 6.73. The average molecular weight is 519 g/mol. The van der Waals surface area contributed by atoms with Crippen LogP contribution in [0.25, 0.3) is 22.6 Å². The minimum atomic E-state index is -1.03. The van der Waals surface area contributed by atoms with Crippen molar-refractivity contribution in [2.45, 2.75) is 50.9 Å². The van der Waals surface area contributed by atoms with Crippen LogP contribution in [0.5, 0.6) is 5.75 Å². The quantitative estimate of drug-likeness (QED) is 0.423. The first-order chi connectivity index (χ1) is 18.5. The summed E-state index contributed by atoms with van der Waals surface area (Å²) in [5, 5.41) is 15.3. The van der Waals surface area contributed by atoms with E-state index in [4.69, 9.17) is 9.72 Å². The van der Waals surface area contributed by atoms with Gasteiger partial charge in [-0.05, 0) is 61.8 Å². The molecule has 38 heavy (non-hydrogen) atoms. The van der Waals surface area contributed by atoms with E-state index in [0.717, 1.165) is 67.5 Å². The summed E-state index contributed by atoms with van der Waals surface area (Å²) in [6, 6.07) is 7.62. The molecule has 2 amide bonds. The number of rotatable bonds is 8. The fraction of sp³-hybridized carbons (Fsp3) is 0.536. The van der Waals surface area contributed by atoms with Crippen molar-refractivity contribution in [2.75, 3.05) is 26.7 Å². The lowest BCUT2D eigenvalue weighted by atomic mass is 10.0. The third-order valence-electron chi connectivity index (χ3n) is 8.93. The molecule has 4 aliphatic rings. The number of imidazole rings is 1. The number of benzene rings is 1. The molecule has 2 aliphatic carbocycles. The third-order valence-corrected chi connectivity index (χ3v) is 8.93. The molecule has 2 aliphatic heterocycles. The maximum Gasteiger partial charge on any atom is 0.404 e. The number of carbonyl (C=O) groups excluding carboxylic acids is 1. The Kier molecular flexibility index (Phi) is 5.61. The number of piperidine rings is 1. The van der Waals surface area contributed by atoms with E-state index >= 15 is 0 Å². The van der Waals surface area contributed by atoms with Gasteiger partial charge in [0.05, 0.1) is 30.4 Å². The van der Waals surface area contributed by atoms with Gasteiger partial charge in [-0.15, -0.1) is 0 Å². The van der Waals surface area contributed by atoms with Crippen LogP contribution in [-0.2, 0) is 13.1 Å². The van der Waals surface area contributed by atoms with E-state index in [1.165, 1.54) is 12.8 Å². The monoisotopic (exact) mass is 518 g/mol. The number of methoxy groups -OCH3 is 1. The van der Waals surface area contributed by atoms with Gasteiger partial charge in [-0.1, -0.05) is 0 Å². The molecule has 10 heteroatoms. The van der Waals surface area contributed by atoms with Crippen molar-refractivity contribution in [3.63, 3.8) is 0 Å². The van der Waals surface area contributed by atoms with Gasteiger partial charge >= 0.3 is 6.09 Å². The van der Waals surface area contributed by atoms with Gasteiger partial charge in [-0.2, -0.15) is 0 Å². The minimum absolute atomic E-state index is 0.0917. The summed E-state index contributed by atoms with van der Waals surface area (Å²) in [6.45, 7) is 4.35. The number of hydrogen-bond acceptors (Lipinski definition) is 5. The van der Waals surface area contributed by atoms with E-state index in [0.29, 0.717) is 23.8 Å². The summed E-state index contributed by atoms with van der Waals surface area (Å²) >= 11 is 0. The molecule has 2 aromatic heterocycles. The van der Waals surface area contributed by atoms with E-state index in [9.17, 15) is 14.7 Å². The maximum atomic E-state index is 13.8. The van der Waals surface area contributed by atoms with Gasteiger partial charge in [0.2, 0.25) is 0 Å². The summed E-state index contributed by atoms with van der Waals surface area (Å²) in [4.78, 5) is 32.0. The van der Waals surface area contributed by atoms with Crippen LogP contribution in [0.4, 0.5) is 4.79 Å². The van der Waals surface area contributed by atoms with Gasteiger partial charge in [0.1, 0.15) is 11.3 Å². The van der Waals surface area contributed by atoms with E-state index < -0.39 is 6.09 Å². The van der Waals surface area contributed by atoms with Crippen LogP contribution in [0, 0.1) is 17.8 Å². The lowest BCUT2D eigenvalue weighted by Gasteiger charge is -2.29. The smallest absolute Gasteiger partial charge is 0.404 e. The molecule has 2 saturated heterocycles. The van der Waals surface area contributed by atoms with Crippen LogP contribution in [0.2, 0.25) is 0 Å². The number of carboxylic acid groups (broad SMARTS) is 1. The van der Waals surface area contributed by atoms with Crippen molar-refractivity contribution < 1.29 is 19.4 Å². The molecule has 0 spiro atoms. The van der Waals surface area contributed by atoms with Crippen LogP contribution in [0.3, 0.4) is 0 Å². The molecule has 4 heterocycles. The van der Waals surface area contributed by atoms with Gasteiger partial charge in [-0.25, -0.2) is 9.78 Å². The zero-order chi connectivity index (χ0) is 26.0. The Morgan fingerprint density at radius 2 is 2.00 bits per heavy atom. The van der Waals surface area contributed by atoms with Crippen molar-refractivity contribution in [3.05, 3.63) is 36.0 Å². The van der Waals surface area contributed by atoms with Crippen LogP contribution >= 0.6 is 0 Å². The molecule has 200 valence electrons. The molecule has 3 aromatic rings. The van der Waals surface area contributed by atoms with Crippen LogP contribution in [-0.4, -0.2) is 75.0 Å². The minimum Gasteiger partial charge on any atom is -0.494 e. The molecule has 0 unspecified atom stereocenters. The van der Waals surface area contributed by atoms with Crippen LogP contribution in [0.15, 0.2) is 30.5 Å². The number of aromatic nitrogens is 3. The Hall–Kier alpha value is -3.53. The van der Waals surface area contributed by atoms with Crippen molar-refractivity contribution >= 4 is 23.0 Å². The highest BCUT2D eigenvalue weighted by Gasteiger charge is 2.49. The number of fused-ring (bicyclic) bond motifs is 3. The van der Waals surface area contributed by atoms with Crippen LogP contribution in [0.1, 0.15) is 36.0 Å². The number of likely N-dealkylation sites (tertiary alicyclic amines) is 1. The third kappa shape index (κ3) is 3.93. The van der Waals surface area contributed by atoms with Crippen molar-refractivity contribution in [3.8, 4) is 17.3 Å². The molecule has 2 saturated carbocycles. The first-order valence-electron chi connectivity index (χ1n) is 13.7. The highest BCUT2D eigenvalue weighted by molar-refractivity contribution is 6.00. The van der Waals surface area contributed by atoms with Crippen molar-refractivity contribution in [1.29, 1.82) is 0 Å². The number of nitrogens with one attached hydrogen (secondary N) is 2. The van der Waals surface area contributed by atoms with Gasteiger partial charge in [-0.3, -0.25) is 4.79 Å². The number of carbonyl (C=O) groups is 2. The molecule has 10 nitrogen and oxygen atoms in total. The summed E-state index contributed by atoms with van der Waals surface area (Å²) in [7, 11) is 1.64. The number of ether oxygens (including phenoxy) is 1. The summed E-state index contributed by atoms with van der Waals surface area (Å²) in [6.07, 6.45) is 5.41. The first-order valence-corrected chi connectivity index (χ1v) is 13.7. The Labute approximate surface area is 220 Å². The zero-order valence-electron chi connectivity index (χ0n) is 21.6. The van der Waals surface area contributed by atoms with Gasteiger partial charge < -0.3 is 34.5 Å². The Morgan fingerprint density at radius 3 is 2.71 bits per heavy atom. The predicted octanol–water partition coefficient (Wildman–Crippen LogP) is 3.01. The molecule has 4 fully saturated rings. The summed E-state index contributed by atoms with van der Waals surface area (Å²) < 4.78 is 10.5. The highest BCUT2D eigenvalue weighted by Crippen LogP contribution is 2.40. The van der Waals surface area contributed by atoms with E-state index in [1.54, 1.807) is 7.11 Å². The summed E-state index contributed by atoms with van der Waals surface area (Å²) in [5.41, 5.74) is 3.29. The maximum absolute atomic E-state index is 13.8. The van der Waals surface area contributed by atoms with Crippen molar-refractivity contribution in [1.82, 2.24) is 29.7 Å². The Bertz CT molecular complexity index is 1400. The zero-order valence-corrected chi connectivity index (χ0v) is 21.6. The number of amides is 2. The second-order valence-corrected chi connectivity index (χ2v) is 11.4. The molecule has 2 bridgehead atoms. The van der Waals surface area contributed by atoms with Gasteiger partial charge in [0, 0.05) is 50.4 Å². The second kappa shape index (κ2) is 9.04. The van der Waals surface area contributed by atoms with E-state index in [2.05, 4.69) is 38.1 Å². The topological polar surface area (TPSA) is 114 Å². The highest BCUT2D eigenvalue weighted by atomic mass is 16.5. The van der Waals surface area contributed by atoms with Gasteiger partial charge in [0.15, 0.2) is 5.82 Å². The lowest BCUT2D eigenvalue weighted by molar-refractivity contribution is 0.0697.